The van der Waals surface area contributed by atoms with Crippen LogP contribution >= 0.6 is 11.6 Å². The molecule has 1 aromatic rings. The number of hydrogen-bond acceptors (Lipinski definition) is 2. The minimum Gasteiger partial charge on any atom is -0.296 e. The van der Waals surface area contributed by atoms with Gasteiger partial charge in [-0.3, -0.25) is 9.59 Å². The molecule has 0 aliphatic heterocycles. The summed E-state index contributed by atoms with van der Waals surface area (Å²) in [6.45, 7) is 1.90. The Morgan fingerprint density at radius 3 is 2.59 bits per heavy atom. The van der Waals surface area contributed by atoms with Crippen molar-refractivity contribution < 1.29 is 14.0 Å². The summed E-state index contributed by atoms with van der Waals surface area (Å²) in [5.74, 6) is -1.52. The number of unbranched alkanes of at least 4 members (excludes halogenated alkanes) is 1. The highest BCUT2D eigenvalue weighted by atomic mass is 35.5. The van der Waals surface area contributed by atoms with E-state index >= 15 is 0 Å². The fourth-order valence-electron chi connectivity index (χ4n) is 1.42. The number of Topliss-reactive ketones (excluding diaryl/α,β-unsaturated/α-hetero) is 2. The molecular weight excluding hydrogens is 243 g/mol. The van der Waals surface area contributed by atoms with Gasteiger partial charge in [0.2, 0.25) is 12.0 Å². The minimum atomic E-state index is -2.10. The van der Waals surface area contributed by atoms with E-state index in [9.17, 15) is 14.0 Å². The summed E-state index contributed by atoms with van der Waals surface area (Å²) in [5.41, 5.74) is 0.0616. The van der Waals surface area contributed by atoms with E-state index in [2.05, 4.69) is 0 Å². The molecule has 0 N–H and O–H groups in total. The fraction of sp³-hybridized carbons (Fsp3) is 0.385. The third kappa shape index (κ3) is 3.63. The van der Waals surface area contributed by atoms with Crippen molar-refractivity contribution in [2.45, 2.75) is 32.4 Å². The van der Waals surface area contributed by atoms with Gasteiger partial charge in [0.1, 0.15) is 0 Å². The Hall–Kier alpha value is -1.22. The molecule has 0 saturated heterocycles. The van der Waals surface area contributed by atoms with E-state index in [1.54, 1.807) is 12.1 Å². The minimum absolute atomic E-state index is 0.0616. The van der Waals surface area contributed by atoms with Crippen LogP contribution in [0.25, 0.3) is 0 Å². The van der Waals surface area contributed by atoms with Crippen LogP contribution in [-0.4, -0.2) is 17.7 Å². The first kappa shape index (κ1) is 13.8. The highest BCUT2D eigenvalue weighted by Crippen LogP contribution is 2.19. The molecule has 1 unspecified atom stereocenters. The van der Waals surface area contributed by atoms with E-state index in [1.165, 1.54) is 12.1 Å². The lowest BCUT2D eigenvalue weighted by Crippen LogP contribution is -2.26. The van der Waals surface area contributed by atoms with Gasteiger partial charge in [0.05, 0.1) is 5.02 Å². The normalized spacial score (nSPS) is 12.2. The fourth-order valence-corrected chi connectivity index (χ4v) is 1.65. The second kappa shape index (κ2) is 6.50. The summed E-state index contributed by atoms with van der Waals surface area (Å²) in [4.78, 5) is 23.1. The largest absolute Gasteiger partial charge is 0.296 e. The molecule has 0 aliphatic carbocycles. The molecule has 0 aromatic heterocycles. The summed E-state index contributed by atoms with van der Waals surface area (Å²) in [6.07, 6.45) is -0.622. The average Bonchev–Trinajstić information content (AvgIpc) is 2.34. The quantitative estimate of drug-likeness (QED) is 0.575. The van der Waals surface area contributed by atoms with Gasteiger partial charge in [0.25, 0.3) is 0 Å². The van der Waals surface area contributed by atoms with Crippen molar-refractivity contribution in [3.63, 3.8) is 0 Å². The van der Waals surface area contributed by atoms with E-state index in [1.807, 2.05) is 6.92 Å². The van der Waals surface area contributed by atoms with Crippen molar-refractivity contribution in [3.8, 4) is 0 Å². The number of alkyl halides is 1. The maximum absolute atomic E-state index is 13.6. The molecule has 1 atom stereocenters. The molecule has 0 heterocycles. The van der Waals surface area contributed by atoms with Crippen molar-refractivity contribution in [3.05, 3.63) is 34.9 Å². The first-order valence-corrected chi connectivity index (χ1v) is 5.91. The molecule has 0 bridgehead atoms. The second-order valence-electron chi connectivity index (χ2n) is 3.78. The van der Waals surface area contributed by atoms with Gasteiger partial charge in [0, 0.05) is 12.0 Å². The maximum atomic E-state index is 13.6. The zero-order valence-electron chi connectivity index (χ0n) is 9.58. The molecule has 0 spiro atoms. The Balaban J connectivity index is 2.77. The van der Waals surface area contributed by atoms with Gasteiger partial charge in [0.15, 0.2) is 5.78 Å². The van der Waals surface area contributed by atoms with Crippen LogP contribution in [0.5, 0.6) is 0 Å². The molecule has 0 radical (unpaired) electrons. The maximum Gasteiger partial charge on any atom is 0.220 e. The van der Waals surface area contributed by atoms with Gasteiger partial charge in [-0.25, -0.2) is 4.39 Å². The van der Waals surface area contributed by atoms with Crippen molar-refractivity contribution in [1.82, 2.24) is 0 Å². The monoisotopic (exact) mass is 256 g/mol. The number of hydrogen-bond donors (Lipinski definition) is 0. The van der Waals surface area contributed by atoms with Gasteiger partial charge < -0.3 is 0 Å². The Morgan fingerprint density at radius 1 is 1.35 bits per heavy atom. The van der Waals surface area contributed by atoms with E-state index in [4.69, 9.17) is 11.6 Å². The van der Waals surface area contributed by atoms with Crippen LogP contribution in [0.2, 0.25) is 5.02 Å². The second-order valence-corrected chi connectivity index (χ2v) is 4.18. The molecule has 1 aromatic carbocycles. The summed E-state index contributed by atoms with van der Waals surface area (Å²) in [5, 5.41) is 0.170. The first-order chi connectivity index (χ1) is 8.07. The summed E-state index contributed by atoms with van der Waals surface area (Å²) in [7, 11) is 0. The van der Waals surface area contributed by atoms with Gasteiger partial charge in [-0.1, -0.05) is 37.1 Å². The molecule has 2 nitrogen and oxygen atoms in total. The lowest BCUT2D eigenvalue weighted by molar-refractivity contribution is -0.122. The van der Waals surface area contributed by atoms with Crippen molar-refractivity contribution >= 4 is 23.2 Å². The van der Waals surface area contributed by atoms with Crippen LogP contribution < -0.4 is 0 Å². The molecule has 1 rings (SSSR count). The van der Waals surface area contributed by atoms with Crippen molar-refractivity contribution in [2.75, 3.05) is 0 Å². The van der Waals surface area contributed by atoms with Crippen LogP contribution in [0, 0.1) is 0 Å². The van der Waals surface area contributed by atoms with Gasteiger partial charge >= 0.3 is 0 Å². The molecule has 0 amide bonds. The van der Waals surface area contributed by atoms with Crippen LogP contribution in [-0.2, 0) is 4.79 Å². The molecular formula is C13H14ClFO2. The smallest absolute Gasteiger partial charge is 0.220 e. The van der Waals surface area contributed by atoms with Gasteiger partial charge in [-0.05, 0) is 18.6 Å². The van der Waals surface area contributed by atoms with E-state index in [0.29, 0.717) is 6.42 Å². The number of rotatable bonds is 6. The zero-order chi connectivity index (χ0) is 12.8. The van der Waals surface area contributed by atoms with Crippen LogP contribution in [0.15, 0.2) is 24.3 Å². The van der Waals surface area contributed by atoms with Gasteiger partial charge in [-0.15, -0.1) is 0 Å². The molecule has 4 heteroatoms. The van der Waals surface area contributed by atoms with Crippen molar-refractivity contribution in [1.29, 1.82) is 0 Å². The lowest BCUT2D eigenvalue weighted by Gasteiger charge is -2.07. The lowest BCUT2D eigenvalue weighted by atomic mass is 10.0. The molecule has 0 saturated carbocycles. The Labute approximate surface area is 105 Å². The topological polar surface area (TPSA) is 34.1 Å². The number of ketones is 2. The third-order valence-corrected chi connectivity index (χ3v) is 2.76. The molecule has 92 valence electrons. The molecule has 0 fully saturated rings. The molecule has 17 heavy (non-hydrogen) atoms. The standard InChI is InChI=1S/C13H14ClFO2/c1-2-3-8-11(16)12(15)13(17)9-6-4-5-7-10(9)14/h4-7,12H,2-3,8H2,1H3. The predicted octanol–water partition coefficient (Wildman–Crippen LogP) is 3.62. The third-order valence-electron chi connectivity index (χ3n) is 2.43. The summed E-state index contributed by atoms with van der Waals surface area (Å²) >= 11 is 5.77. The van der Waals surface area contributed by atoms with Gasteiger partial charge in [-0.2, -0.15) is 0 Å². The molecule has 0 aliphatic rings. The van der Waals surface area contributed by atoms with Crippen molar-refractivity contribution in [2.24, 2.45) is 0 Å². The Kier molecular flexibility index (Phi) is 5.29. The average molecular weight is 257 g/mol. The number of carbonyl (C=O) groups is 2. The highest BCUT2D eigenvalue weighted by Gasteiger charge is 2.27. The highest BCUT2D eigenvalue weighted by molar-refractivity contribution is 6.34. The van der Waals surface area contributed by atoms with Crippen LogP contribution in [0.1, 0.15) is 36.5 Å². The number of halogens is 2. The number of carbonyl (C=O) groups excluding carboxylic acids is 2. The summed E-state index contributed by atoms with van der Waals surface area (Å²) in [6, 6.07) is 6.15. The number of benzene rings is 1. The Bertz CT molecular complexity index is 418. The predicted molar refractivity (Wildman–Crippen MR) is 65.2 cm³/mol. The van der Waals surface area contributed by atoms with E-state index < -0.39 is 17.7 Å². The summed E-state index contributed by atoms with van der Waals surface area (Å²) < 4.78 is 13.6. The first-order valence-electron chi connectivity index (χ1n) is 5.53. The van der Waals surface area contributed by atoms with E-state index in [0.717, 1.165) is 6.42 Å². The van der Waals surface area contributed by atoms with E-state index in [-0.39, 0.29) is 17.0 Å². The SMILES string of the molecule is CCCCC(=O)C(F)C(=O)c1ccccc1Cl. The Morgan fingerprint density at radius 2 is 2.00 bits per heavy atom. The van der Waals surface area contributed by atoms with Crippen LogP contribution in [0.4, 0.5) is 4.39 Å². The van der Waals surface area contributed by atoms with Crippen LogP contribution in [0.3, 0.4) is 0 Å². The zero-order valence-corrected chi connectivity index (χ0v) is 10.3.